The van der Waals surface area contributed by atoms with E-state index < -0.39 is 12.4 Å². The number of ether oxygens (including phenoxy) is 1. The average molecular weight is 340 g/mol. The number of aliphatic hydroxyl groups excluding tert-OH is 1. The van der Waals surface area contributed by atoms with Crippen LogP contribution in [0.25, 0.3) is 10.8 Å². The Balaban J connectivity index is 1.80. The van der Waals surface area contributed by atoms with Gasteiger partial charge < -0.3 is 15.2 Å². The number of halogens is 1. The molecule has 0 spiro atoms. The molecule has 6 heteroatoms. The van der Waals surface area contributed by atoms with E-state index in [4.69, 9.17) is 9.84 Å². The Labute approximate surface area is 144 Å². The maximum absolute atomic E-state index is 13.4. The number of methoxy groups -OCH3 is 1. The SMILES string of the molecule is COc1nc(C(=O)NCc2ccc(F)c(CO)c2)cc2ccccc12. The number of nitrogens with zero attached hydrogens (tertiary/aromatic N) is 1. The van der Waals surface area contributed by atoms with Gasteiger partial charge in [-0.25, -0.2) is 9.37 Å². The number of carbonyl (C=O) groups is 1. The van der Waals surface area contributed by atoms with E-state index in [1.807, 2.05) is 24.3 Å². The fraction of sp³-hybridized carbons (Fsp3) is 0.158. The van der Waals surface area contributed by atoms with Crippen molar-refractivity contribution in [3.8, 4) is 5.88 Å². The second kappa shape index (κ2) is 7.27. The van der Waals surface area contributed by atoms with Gasteiger partial charge in [-0.3, -0.25) is 4.79 Å². The standard InChI is InChI=1S/C19H17FN2O3/c1-25-19-15-5-3-2-4-13(15)9-17(22-19)18(24)21-10-12-6-7-16(20)14(8-12)11-23/h2-9,23H,10-11H2,1H3,(H,21,24). The lowest BCUT2D eigenvalue weighted by Gasteiger charge is -2.10. The monoisotopic (exact) mass is 340 g/mol. The van der Waals surface area contributed by atoms with Crippen LogP contribution in [0.4, 0.5) is 4.39 Å². The second-order valence-corrected chi connectivity index (χ2v) is 5.50. The van der Waals surface area contributed by atoms with E-state index in [9.17, 15) is 9.18 Å². The number of fused-ring (bicyclic) bond motifs is 1. The van der Waals surface area contributed by atoms with Crippen LogP contribution in [-0.4, -0.2) is 23.1 Å². The van der Waals surface area contributed by atoms with Crippen molar-refractivity contribution in [1.29, 1.82) is 0 Å². The first-order valence-electron chi connectivity index (χ1n) is 7.72. The number of nitrogens with one attached hydrogen (secondary N) is 1. The van der Waals surface area contributed by atoms with Gasteiger partial charge in [0, 0.05) is 17.5 Å². The first-order valence-corrected chi connectivity index (χ1v) is 7.72. The normalized spacial score (nSPS) is 10.7. The highest BCUT2D eigenvalue weighted by Crippen LogP contribution is 2.24. The van der Waals surface area contributed by atoms with Crippen LogP contribution in [0.3, 0.4) is 0 Å². The Morgan fingerprint density at radius 2 is 2.04 bits per heavy atom. The average Bonchev–Trinajstić information content (AvgIpc) is 2.66. The molecule has 1 amide bonds. The topological polar surface area (TPSA) is 71.5 Å². The summed E-state index contributed by atoms with van der Waals surface area (Å²) in [5, 5.41) is 13.5. The van der Waals surface area contributed by atoms with Gasteiger partial charge in [0.2, 0.25) is 5.88 Å². The molecule has 128 valence electrons. The number of amides is 1. The first kappa shape index (κ1) is 16.9. The predicted octanol–water partition coefficient (Wildman–Crippen LogP) is 2.80. The van der Waals surface area contributed by atoms with Crippen molar-refractivity contribution in [2.75, 3.05) is 7.11 Å². The van der Waals surface area contributed by atoms with Crippen LogP contribution < -0.4 is 10.1 Å². The number of pyridine rings is 1. The van der Waals surface area contributed by atoms with Crippen molar-refractivity contribution >= 4 is 16.7 Å². The van der Waals surface area contributed by atoms with Crippen LogP contribution in [0.1, 0.15) is 21.6 Å². The molecule has 0 aliphatic carbocycles. The van der Waals surface area contributed by atoms with Gasteiger partial charge in [0.25, 0.3) is 5.91 Å². The minimum Gasteiger partial charge on any atom is -0.481 e. The van der Waals surface area contributed by atoms with Crippen LogP contribution in [-0.2, 0) is 13.2 Å². The van der Waals surface area contributed by atoms with Crippen molar-refractivity contribution in [2.45, 2.75) is 13.2 Å². The van der Waals surface area contributed by atoms with Crippen molar-refractivity contribution in [1.82, 2.24) is 10.3 Å². The zero-order valence-corrected chi connectivity index (χ0v) is 13.6. The zero-order chi connectivity index (χ0) is 17.8. The fourth-order valence-corrected chi connectivity index (χ4v) is 2.57. The van der Waals surface area contributed by atoms with Gasteiger partial charge in [0.1, 0.15) is 11.5 Å². The molecule has 0 saturated heterocycles. The van der Waals surface area contributed by atoms with E-state index in [1.165, 1.54) is 19.2 Å². The number of benzene rings is 2. The highest BCUT2D eigenvalue weighted by molar-refractivity contribution is 5.98. The molecule has 2 N–H and O–H groups in total. The van der Waals surface area contributed by atoms with Crippen LogP contribution in [0.15, 0.2) is 48.5 Å². The summed E-state index contributed by atoms with van der Waals surface area (Å²) in [4.78, 5) is 16.6. The number of hydrogen-bond acceptors (Lipinski definition) is 4. The molecular formula is C19H17FN2O3. The van der Waals surface area contributed by atoms with Gasteiger partial charge in [0.05, 0.1) is 13.7 Å². The minimum absolute atomic E-state index is 0.192. The summed E-state index contributed by atoms with van der Waals surface area (Å²) in [5.41, 5.74) is 1.11. The first-order chi connectivity index (χ1) is 12.1. The summed E-state index contributed by atoms with van der Waals surface area (Å²) in [6, 6.07) is 13.5. The van der Waals surface area contributed by atoms with E-state index in [2.05, 4.69) is 10.3 Å². The lowest BCUT2D eigenvalue weighted by atomic mass is 10.1. The molecule has 3 rings (SSSR count). The van der Waals surface area contributed by atoms with Crippen LogP contribution in [0, 0.1) is 5.82 Å². The summed E-state index contributed by atoms with van der Waals surface area (Å²) in [7, 11) is 1.51. The molecule has 0 saturated carbocycles. The Morgan fingerprint density at radius 3 is 2.80 bits per heavy atom. The molecule has 1 heterocycles. The maximum atomic E-state index is 13.4. The largest absolute Gasteiger partial charge is 0.481 e. The Morgan fingerprint density at radius 1 is 1.24 bits per heavy atom. The summed E-state index contributed by atoms with van der Waals surface area (Å²) in [6.07, 6.45) is 0. The lowest BCUT2D eigenvalue weighted by molar-refractivity contribution is 0.0945. The van der Waals surface area contributed by atoms with Crippen LogP contribution in [0.2, 0.25) is 0 Å². The Bertz CT molecular complexity index is 928. The third kappa shape index (κ3) is 3.59. The van der Waals surface area contributed by atoms with E-state index >= 15 is 0 Å². The van der Waals surface area contributed by atoms with E-state index in [0.717, 1.165) is 10.8 Å². The molecule has 25 heavy (non-hydrogen) atoms. The third-order valence-electron chi connectivity index (χ3n) is 3.86. The van der Waals surface area contributed by atoms with Gasteiger partial charge >= 0.3 is 0 Å². The highest BCUT2D eigenvalue weighted by atomic mass is 19.1. The number of rotatable bonds is 5. The van der Waals surface area contributed by atoms with Crippen molar-refractivity contribution in [3.05, 3.63) is 71.2 Å². The Kier molecular flexibility index (Phi) is 4.90. The van der Waals surface area contributed by atoms with E-state index in [1.54, 1.807) is 12.1 Å². The highest BCUT2D eigenvalue weighted by Gasteiger charge is 2.12. The Hall–Kier alpha value is -2.99. The van der Waals surface area contributed by atoms with Crippen molar-refractivity contribution in [3.63, 3.8) is 0 Å². The molecule has 2 aromatic carbocycles. The lowest BCUT2D eigenvalue weighted by Crippen LogP contribution is -2.24. The minimum atomic E-state index is -0.474. The van der Waals surface area contributed by atoms with Gasteiger partial charge in [-0.2, -0.15) is 0 Å². The summed E-state index contributed by atoms with van der Waals surface area (Å²) < 4.78 is 18.7. The summed E-state index contributed by atoms with van der Waals surface area (Å²) in [6.45, 7) is -0.194. The van der Waals surface area contributed by atoms with Crippen LogP contribution >= 0.6 is 0 Å². The van der Waals surface area contributed by atoms with Gasteiger partial charge in [0.15, 0.2) is 0 Å². The molecule has 0 aliphatic heterocycles. The van der Waals surface area contributed by atoms with Gasteiger partial charge in [-0.15, -0.1) is 0 Å². The summed E-state index contributed by atoms with van der Waals surface area (Å²) >= 11 is 0. The van der Waals surface area contributed by atoms with Gasteiger partial charge in [-0.05, 0) is 35.2 Å². The van der Waals surface area contributed by atoms with Crippen molar-refractivity contribution < 1.29 is 19.0 Å². The summed E-state index contributed by atoms with van der Waals surface area (Å²) in [5.74, 6) is -0.454. The van der Waals surface area contributed by atoms with E-state index in [-0.39, 0.29) is 23.7 Å². The molecule has 0 atom stereocenters. The predicted molar refractivity (Wildman–Crippen MR) is 91.8 cm³/mol. The molecule has 5 nitrogen and oxygen atoms in total. The molecule has 0 bridgehead atoms. The molecule has 0 radical (unpaired) electrons. The molecule has 3 aromatic rings. The molecule has 1 aromatic heterocycles. The maximum Gasteiger partial charge on any atom is 0.270 e. The number of aliphatic hydroxyl groups is 1. The van der Waals surface area contributed by atoms with Crippen molar-refractivity contribution in [2.24, 2.45) is 0 Å². The van der Waals surface area contributed by atoms with Gasteiger partial charge in [-0.1, -0.05) is 24.3 Å². The fourth-order valence-electron chi connectivity index (χ4n) is 2.57. The number of carbonyl (C=O) groups excluding carboxylic acids is 1. The molecular weight excluding hydrogens is 323 g/mol. The van der Waals surface area contributed by atoms with Crippen LogP contribution in [0.5, 0.6) is 5.88 Å². The smallest absolute Gasteiger partial charge is 0.270 e. The van der Waals surface area contributed by atoms with E-state index in [0.29, 0.717) is 11.4 Å². The zero-order valence-electron chi connectivity index (χ0n) is 13.6. The number of hydrogen-bond donors (Lipinski definition) is 2. The quantitative estimate of drug-likeness (QED) is 0.749. The molecule has 0 aliphatic rings. The number of aromatic nitrogens is 1. The third-order valence-corrected chi connectivity index (χ3v) is 3.86. The second-order valence-electron chi connectivity index (χ2n) is 5.50. The molecule has 0 unspecified atom stereocenters. The molecule has 0 fully saturated rings.